The molecule has 1 unspecified atom stereocenters. The zero-order chi connectivity index (χ0) is 10.8. The monoisotopic (exact) mass is 210 g/mol. The van der Waals surface area contributed by atoms with Gasteiger partial charge < -0.3 is 5.32 Å². The number of fused-ring (bicyclic) bond motifs is 1. The van der Waals surface area contributed by atoms with Gasteiger partial charge in [-0.05, 0) is 28.8 Å². The van der Waals surface area contributed by atoms with E-state index in [0.29, 0.717) is 5.92 Å². The van der Waals surface area contributed by atoms with Crippen molar-refractivity contribution in [2.24, 2.45) is 0 Å². The molecule has 0 amide bonds. The molecule has 0 fully saturated rings. The van der Waals surface area contributed by atoms with Crippen LogP contribution in [-0.4, -0.2) is 11.5 Å². The molecule has 0 saturated heterocycles. The van der Waals surface area contributed by atoms with E-state index in [2.05, 4.69) is 46.7 Å². The van der Waals surface area contributed by atoms with Crippen molar-refractivity contribution in [2.75, 3.05) is 6.54 Å². The first-order chi connectivity index (χ1) is 7.95. The molecule has 2 heteroatoms. The van der Waals surface area contributed by atoms with Crippen LogP contribution in [0.4, 0.5) is 0 Å². The average molecular weight is 210 g/mol. The third-order valence-electron chi connectivity index (χ3n) is 3.20. The third kappa shape index (κ3) is 1.61. The smallest absolute Gasteiger partial charge is 0.0270 e. The molecule has 1 aliphatic rings. The molecular formula is C14H14N2. The first-order valence-electron chi connectivity index (χ1n) is 5.63. The topological polar surface area (TPSA) is 24.9 Å². The highest BCUT2D eigenvalue weighted by molar-refractivity contribution is 5.39. The number of pyridine rings is 1. The second-order valence-corrected chi connectivity index (χ2v) is 4.16. The predicted molar refractivity (Wildman–Crippen MR) is 64.2 cm³/mol. The van der Waals surface area contributed by atoms with Crippen LogP contribution in [0.15, 0.2) is 48.8 Å². The van der Waals surface area contributed by atoms with Crippen molar-refractivity contribution in [1.82, 2.24) is 10.3 Å². The quantitative estimate of drug-likeness (QED) is 0.781. The minimum Gasteiger partial charge on any atom is -0.312 e. The van der Waals surface area contributed by atoms with Crippen molar-refractivity contribution in [3.63, 3.8) is 0 Å². The van der Waals surface area contributed by atoms with Gasteiger partial charge in [-0.25, -0.2) is 0 Å². The van der Waals surface area contributed by atoms with Crippen LogP contribution in [0.5, 0.6) is 0 Å². The molecule has 1 atom stereocenters. The summed E-state index contributed by atoms with van der Waals surface area (Å²) in [6.07, 6.45) is 3.74. The van der Waals surface area contributed by atoms with E-state index in [9.17, 15) is 0 Å². The van der Waals surface area contributed by atoms with E-state index in [1.54, 1.807) is 0 Å². The van der Waals surface area contributed by atoms with Crippen molar-refractivity contribution in [3.8, 4) is 0 Å². The highest BCUT2D eigenvalue weighted by atomic mass is 14.9. The molecule has 80 valence electrons. The Morgan fingerprint density at radius 2 is 1.88 bits per heavy atom. The van der Waals surface area contributed by atoms with Crippen LogP contribution in [0, 0.1) is 0 Å². The van der Waals surface area contributed by atoms with Gasteiger partial charge in [0, 0.05) is 31.4 Å². The lowest BCUT2D eigenvalue weighted by atomic mass is 9.86. The van der Waals surface area contributed by atoms with E-state index in [1.165, 1.54) is 16.7 Å². The molecule has 2 nitrogen and oxygen atoms in total. The minimum atomic E-state index is 0.466. The van der Waals surface area contributed by atoms with Crippen LogP contribution in [0.2, 0.25) is 0 Å². The molecule has 0 bridgehead atoms. The summed E-state index contributed by atoms with van der Waals surface area (Å²) < 4.78 is 0. The first-order valence-corrected chi connectivity index (χ1v) is 5.63. The van der Waals surface area contributed by atoms with Gasteiger partial charge in [-0.15, -0.1) is 0 Å². The number of nitrogens with zero attached hydrogens (tertiary/aromatic N) is 1. The molecule has 1 N–H and O–H groups in total. The van der Waals surface area contributed by atoms with Gasteiger partial charge in [0.15, 0.2) is 0 Å². The van der Waals surface area contributed by atoms with Gasteiger partial charge in [0.2, 0.25) is 0 Å². The van der Waals surface area contributed by atoms with Crippen molar-refractivity contribution in [3.05, 3.63) is 65.5 Å². The average Bonchev–Trinajstić information content (AvgIpc) is 2.39. The van der Waals surface area contributed by atoms with Crippen LogP contribution in [0.1, 0.15) is 22.6 Å². The largest absolute Gasteiger partial charge is 0.312 e. The van der Waals surface area contributed by atoms with Gasteiger partial charge in [-0.2, -0.15) is 0 Å². The Kier molecular flexibility index (Phi) is 2.43. The zero-order valence-corrected chi connectivity index (χ0v) is 9.06. The summed E-state index contributed by atoms with van der Waals surface area (Å²) in [5.74, 6) is 0.466. The summed E-state index contributed by atoms with van der Waals surface area (Å²) in [7, 11) is 0. The molecule has 1 aromatic carbocycles. The van der Waals surface area contributed by atoms with Crippen LogP contribution < -0.4 is 5.32 Å². The minimum absolute atomic E-state index is 0.466. The van der Waals surface area contributed by atoms with E-state index in [0.717, 1.165) is 13.1 Å². The predicted octanol–water partition coefficient (Wildman–Crippen LogP) is 2.32. The van der Waals surface area contributed by atoms with Gasteiger partial charge >= 0.3 is 0 Å². The number of aromatic nitrogens is 1. The SMILES string of the molecule is c1ccc2c(c1)CNCC2c1ccncc1. The number of rotatable bonds is 1. The number of hydrogen-bond donors (Lipinski definition) is 1. The van der Waals surface area contributed by atoms with Crippen molar-refractivity contribution < 1.29 is 0 Å². The molecule has 16 heavy (non-hydrogen) atoms. The van der Waals surface area contributed by atoms with Crippen molar-refractivity contribution in [1.29, 1.82) is 0 Å². The van der Waals surface area contributed by atoms with Crippen LogP contribution >= 0.6 is 0 Å². The fourth-order valence-electron chi connectivity index (χ4n) is 2.39. The molecule has 0 spiro atoms. The Labute approximate surface area is 95.3 Å². The maximum atomic E-state index is 4.08. The lowest BCUT2D eigenvalue weighted by Crippen LogP contribution is -2.28. The highest BCUT2D eigenvalue weighted by Crippen LogP contribution is 2.29. The van der Waals surface area contributed by atoms with Crippen molar-refractivity contribution >= 4 is 0 Å². The van der Waals surface area contributed by atoms with E-state index in [4.69, 9.17) is 0 Å². The van der Waals surface area contributed by atoms with Gasteiger partial charge in [-0.1, -0.05) is 24.3 Å². The lowest BCUT2D eigenvalue weighted by molar-refractivity contribution is 0.591. The lowest BCUT2D eigenvalue weighted by Gasteiger charge is -2.26. The fourth-order valence-corrected chi connectivity index (χ4v) is 2.39. The Bertz CT molecular complexity index is 479. The standard InChI is InChI=1S/C14H14N2/c1-2-4-13-12(3-1)9-16-10-14(13)11-5-7-15-8-6-11/h1-8,14,16H,9-10H2. The van der Waals surface area contributed by atoms with Crippen LogP contribution in [0.25, 0.3) is 0 Å². The Morgan fingerprint density at radius 3 is 2.75 bits per heavy atom. The number of benzene rings is 1. The van der Waals surface area contributed by atoms with Gasteiger partial charge in [0.1, 0.15) is 0 Å². The molecule has 1 aliphatic heterocycles. The summed E-state index contributed by atoms with van der Waals surface area (Å²) in [6.45, 7) is 2.00. The molecule has 2 aromatic rings. The van der Waals surface area contributed by atoms with Crippen LogP contribution in [0.3, 0.4) is 0 Å². The summed E-state index contributed by atoms with van der Waals surface area (Å²) in [6, 6.07) is 12.9. The summed E-state index contributed by atoms with van der Waals surface area (Å²) >= 11 is 0. The van der Waals surface area contributed by atoms with Crippen molar-refractivity contribution in [2.45, 2.75) is 12.5 Å². The molecule has 3 rings (SSSR count). The molecule has 0 saturated carbocycles. The molecule has 0 aliphatic carbocycles. The zero-order valence-electron chi connectivity index (χ0n) is 9.06. The molecular weight excluding hydrogens is 196 g/mol. The Hall–Kier alpha value is -1.67. The second-order valence-electron chi connectivity index (χ2n) is 4.16. The number of nitrogens with one attached hydrogen (secondary N) is 1. The maximum Gasteiger partial charge on any atom is 0.0270 e. The molecule has 2 heterocycles. The number of hydrogen-bond acceptors (Lipinski definition) is 2. The fraction of sp³-hybridized carbons (Fsp3) is 0.214. The normalized spacial score (nSPS) is 19.1. The van der Waals surface area contributed by atoms with Gasteiger partial charge in [-0.3, -0.25) is 4.98 Å². The van der Waals surface area contributed by atoms with Gasteiger partial charge in [0.25, 0.3) is 0 Å². The Balaban J connectivity index is 2.05. The maximum absolute atomic E-state index is 4.08. The highest BCUT2D eigenvalue weighted by Gasteiger charge is 2.20. The van der Waals surface area contributed by atoms with Crippen LogP contribution in [-0.2, 0) is 6.54 Å². The van der Waals surface area contributed by atoms with E-state index in [-0.39, 0.29) is 0 Å². The van der Waals surface area contributed by atoms with E-state index < -0.39 is 0 Å². The first kappa shape index (κ1) is 9.55. The molecule has 0 radical (unpaired) electrons. The summed E-state index contributed by atoms with van der Waals surface area (Å²) in [5, 5.41) is 3.47. The second kappa shape index (κ2) is 4.06. The third-order valence-corrected chi connectivity index (χ3v) is 3.20. The van der Waals surface area contributed by atoms with Gasteiger partial charge in [0.05, 0.1) is 0 Å². The summed E-state index contributed by atoms with van der Waals surface area (Å²) in [5.41, 5.74) is 4.21. The molecule has 1 aromatic heterocycles. The van der Waals surface area contributed by atoms with E-state index in [1.807, 2.05) is 12.4 Å². The Morgan fingerprint density at radius 1 is 1.06 bits per heavy atom. The summed E-state index contributed by atoms with van der Waals surface area (Å²) in [4.78, 5) is 4.08. The van der Waals surface area contributed by atoms with E-state index >= 15 is 0 Å².